The second-order valence-corrected chi connectivity index (χ2v) is 3.61. The molecule has 0 unspecified atom stereocenters. The number of alkyl halides is 1. The van der Waals surface area contributed by atoms with Gasteiger partial charge in [0, 0.05) is 17.6 Å². The summed E-state index contributed by atoms with van der Waals surface area (Å²) in [6.07, 6.45) is 1.71. The standard InChI is InChI=1S/C12H10BrNO/c13-9-10-4-6-11(7-5-10)15-12-3-1-2-8-14-12/h1-8H,9H2. The lowest BCUT2D eigenvalue weighted by Crippen LogP contribution is -1.86. The molecule has 0 aliphatic rings. The Morgan fingerprint density at radius 1 is 1.07 bits per heavy atom. The average Bonchev–Trinajstić information content (AvgIpc) is 2.31. The predicted molar refractivity (Wildman–Crippen MR) is 63.4 cm³/mol. The van der Waals surface area contributed by atoms with E-state index < -0.39 is 0 Å². The van der Waals surface area contributed by atoms with Crippen LogP contribution in [0, 0.1) is 0 Å². The van der Waals surface area contributed by atoms with Crippen molar-refractivity contribution in [2.24, 2.45) is 0 Å². The fourth-order valence-electron chi connectivity index (χ4n) is 1.17. The minimum Gasteiger partial charge on any atom is -0.439 e. The Labute approximate surface area is 97.1 Å². The molecule has 2 aromatic rings. The minimum absolute atomic E-state index is 0.615. The fourth-order valence-corrected chi connectivity index (χ4v) is 1.55. The van der Waals surface area contributed by atoms with Crippen LogP contribution in [0.5, 0.6) is 11.6 Å². The second kappa shape index (κ2) is 4.94. The maximum Gasteiger partial charge on any atom is 0.219 e. The van der Waals surface area contributed by atoms with E-state index in [1.165, 1.54) is 5.56 Å². The zero-order chi connectivity index (χ0) is 10.5. The first-order valence-electron chi connectivity index (χ1n) is 4.62. The molecule has 0 aliphatic carbocycles. The van der Waals surface area contributed by atoms with Crippen molar-refractivity contribution in [3.05, 3.63) is 54.2 Å². The largest absolute Gasteiger partial charge is 0.439 e. The number of rotatable bonds is 3. The third-order valence-electron chi connectivity index (χ3n) is 1.94. The third-order valence-corrected chi connectivity index (χ3v) is 2.59. The summed E-state index contributed by atoms with van der Waals surface area (Å²) in [4.78, 5) is 4.09. The topological polar surface area (TPSA) is 22.1 Å². The average molecular weight is 264 g/mol. The molecule has 1 aromatic carbocycles. The summed E-state index contributed by atoms with van der Waals surface area (Å²) in [5.74, 6) is 1.42. The van der Waals surface area contributed by atoms with Gasteiger partial charge in [-0.2, -0.15) is 0 Å². The van der Waals surface area contributed by atoms with Gasteiger partial charge in [0.1, 0.15) is 5.75 Å². The van der Waals surface area contributed by atoms with E-state index in [2.05, 4.69) is 20.9 Å². The van der Waals surface area contributed by atoms with Gasteiger partial charge >= 0.3 is 0 Å². The summed E-state index contributed by atoms with van der Waals surface area (Å²) in [5.41, 5.74) is 1.23. The van der Waals surface area contributed by atoms with E-state index in [-0.39, 0.29) is 0 Å². The molecule has 0 N–H and O–H groups in total. The molecule has 0 aliphatic heterocycles. The van der Waals surface area contributed by atoms with Crippen LogP contribution in [0.25, 0.3) is 0 Å². The highest BCUT2D eigenvalue weighted by Gasteiger charge is 1.97. The van der Waals surface area contributed by atoms with Crippen molar-refractivity contribution >= 4 is 15.9 Å². The predicted octanol–water partition coefficient (Wildman–Crippen LogP) is 3.77. The van der Waals surface area contributed by atoms with E-state index in [1.54, 1.807) is 6.20 Å². The summed E-state index contributed by atoms with van der Waals surface area (Å²) >= 11 is 3.40. The number of benzene rings is 1. The van der Waals surface area contributed by atoms with E-state index in [0.717, 1.165) is 11.1 Å². The lowest BCUT2D eigenvalue weighted by molar-refractivity contribution is 0.463. The first kappa shape index (κ1) is 10.2. The van der Waals surface area contributed by atoms with Gasteiger partial charge in [-0.25, -0.2) is 4.98 Å². The Hall–Kier alpha value is -1.35. The van der Waals surface area contributed by atoms with Crippen molar-refractivity contribution in [1.82, 2.24) is 4.98 Å². The van der Waals surface area contributed by atoms with Crippen molar-refractivity contribution < 1.29 is 4.74 Å². The molecular formula is C12H10BrNO. The summed E-state index contributed by atoms with van der Waals surface area (Å²) in [7, 11) is 0. The molecule has 0 radical (unpaired) electrons. The molecule has 0 spiro atoms. The molecule has 15 heavy (non-hydrogen) atoms. The quantitative estimate of drug-likeness (QED) is 0.787. The van der Waals surface area contributed by atoms with Crippen molar-refractivity contribution in [3.63, 3.8) is 0 Å². The lowest BCUT2D eigenvalue weighted by Gasteiger charge is -2.04. The van der Waals surface area contributed by atoms with Crippen molar-refractivity contribution in [1.29, 1.82) is 0 Å². The van der Waals surface area contributed by atoms with Crippen LogP contribution in [0.2, 0.25) is 0 Å². The summed E-state index contributed by atoms with van der Waals surface area (Å²) in [6.45, 7) is 0. The van der Waals surface area contributed by atoms with Gasteiger partial charge in [-0.15, -0.1) is 0 Å². The van der Waals surface area contributed by atoms with Crippen molar-refractivity contribution in [3.8, 4) is 11.6 Å². The zero-order valence-electron chi connectivity index (χ0n) is 8.06. The number of nitrogens with zero attached hydrogens (tertiary/aromatic N) is 1. The molecule has 1 aromatic heterocycles. The van der Waals surface area contributed by atoms with E-state index in [1.807, 2.05) is 42.5 Å². The molecule has 0 saturated heterocycles. The van der Waals surface area contributed by atoms with Crippen LogP contribution in [0.15, 0.2) is 48.7 Å². The Kier molecular flexibility index (Phi) is 3.35. The molecule has 0 saturated carbocycles. The van der Waals surface area contributed by atoms with Gasteiger partial charge in [-0.1, -0.05) is 34.1 Å². The molecule has 3 heteroatoms. The Balaban J connectivity index is 2.11. The van der Waals surface area contributed by atoms with Gasteiger partial charge in [-0.3, -0.25) is 0 Å². The van der Waals surface area contributed by atoms with E-state index in [4.69, 9.17) is 4.74 Å². The van der Waals surface area contributed by atoms with Gasteiger partial charge in [-0.05, 0) is 23.8 Å². The molecule has 0 amide bonds. The van der Waals surface area contributed by atoms with Gasteiger partial charge in [0.05, 0.1) is 0 Å². The molecule has 0 bridgehead atoms. The highest BCUT2D eigenvalue weighted by atomic mass is 79.9. The highest BCUT2D eigenvalue weighted by molar-refractivity contribution is 9.08. The first-order chi connectivity index (χ1) is 7.38. The number of ether oxygens (including phenoxy) is 1. The normalized spacial score (nSPS) is 9.93. The summed E-state index contributed by atoms with van der Waals surface area (Å²) < 4.78 is 5.55. The smallest absolute Gasteiger partial charge is 0.219 e. The van der Waals surface area contributed by atoms with Crippen LogP contribution in [-0.2, 0) is 5.33 Å². The number of hydrogen-bond acceptors (Lipinski definition) is 2. The van der Waals surface area contributed by atoms with Gasteiger partial charge in [0.2, 0.25) is 5.88 Å². The van der Waals surface area contributed by atoms with Crippen LogP contribution in [-0.4, -0.2) is 4.98 Å². The lowest BCUT2D eigenvalue weighted by atomic mass is 10.2. The number of pyridine rings is 1. The summed E-state index contributed by atoms with van der Waals surface area (Å²) in [6, 6.07) is 13.5. The third kappa shape index (κ3) is 2.80. The van der Waals surface area contributed by atoms with Gasteiger partial charge < -0.3 is 4.74 Å². The van der Waals surface area contributed by atoms with E-state index >= 15 is 0 Å². The van der Waals surface area contributed by atoms with E-state index in [0.29, 0.717) is 5.88 Å². The second-order valence-electron chi connectivity index (χ2n) is 3.05. The molecule has 0 fully saturated rings. The van der Waals surface area contributed by atoms with Crippen LogP contribution in [0.3, 0.4) is 0 Å². The van der Waals surface area contributed by atoms with Crippen molar-refractivity contribution in [2.45, 2.75) is 5.33 Å². The molecular weight excluding hydrogens is 254 g/mol. The SMILES string of the molecule is BrCc1ccc(Oc2ccccn2)cc1. The van der Waals surface area contributed by atoms with Gasteiger partial charge in [0.15, 0.2) is 0 Å². The number of aromatic nitrogens is 1. The van der Waals surface area contributed by atoms with E-state index in [9.17, 15) is 0 Å². The van der Waals surface area contributed by atoms with Gasteiger partial charge in [0.25, 0.3) is 0 Å². The fraction of sp³-hybridized carbons (Fsp3) is 0.0833. The molecule has 1 heterocycles. The summed E-state index contributed by atoms with van der Waals surface area (Å²) in [5, 5.41) is 0.858. The maximum absolute atomic E-state index is 5.55. The van der Waals surface area contributed by atoms with Crippen LogP contribution in [0.4, 0.5) is 0 Å². The van der Waals surface area contributed by atoms with Crippen molar-refractivity contribution in [2.75, 3.05) is 0 Å². The Bertz CT molecular complexity index is 413. The van der Waals surface area contributed by atoms with Crippen LogP contribution < -0.4 is 4.74 Å². The van der Waals surface area contributed by atoms with Crippen LogP contribution in [0.1, 0.15) is 5.56 Å². The Morgan fingerprint density at radius 2 is 1.87 bits per heavy atom. The number of halogens is 1. The zero-order valence-corrected chi connectivity index (χ0v) is 9.65. The molecule has 76 valence electrons. The monoisotopic (exact) mass is 263 g/mol. The molecule has 2 rings (SSSR count). The highest BCUT2D eigenvalue weighted by Crippen LogP contribution is 2.19. The Morgan fingerprint density at radius 3 is 2.47 bits per heavy atom. The first-order valence-corrected chi connectivity index (χ1v) is 5.74. The van der Waals surface area contributed by atoms with Crippen LogP contribution >= 0.6 is 15.9 Å². The maximum atomic E-state index is 5.55. The molecule has 0 atom stereocenters. The molecule has 2 nitrogen and oxygen atoms in total. The number of hydrogen-bond donors (Lipinski definition) is 0. The minimum atomic E-state index is 0.615.